The minimum Gasteiger partial charge on any atom is -0.481 e. The van der Waals surface area contributed by atoms with Gasteiger partial charge >= 0.3 is 12.1 Å². The van der Waals surface area contributed by atoms with E-state index in [1.54, 1.807) is 6.92 Å². The van der Waals surface area contributed by atoms with Crippen molar-refractivity contribution in [2.24, 2.45) is 5.41 Å². The lowest BCUT2D eigenvalue weighted by molar-refractivity contribution is -0.226. The SMILES string of the molecule is CCCS(=O)(=O)N1CCC(C(=O)O)(C(F)(F)F)C1. The van der Waals surface area contributed by atoms with Crippen LogP contribution in [-0.2, 0) is 14.8 Å². The minimum atomic E-state index is -4.96. The number of hydrogen-bond acceptors (Lipinski definition) is 3. The molecule has 0 saturated carbocycles. The Kier molecular flexibility index (Phi) is 3.97. The van der Waals surface area contributed by atoms with Gasteiger partial charge in [0.2, 0.25) is 10.0 Å². The lowest BCUT2D eigenvalue weighted by atomic mass is 9.86. The second-order valence-corrected chi connectivity index (χ2v) is 6.37. The van der Waals surface area contributed by atoms with Crippen molar-refractivity contribution in [2.75, 3.05) is 18.8 Å². The summed E-state index contributed by atoms with van der Waals surface area (Å²) >= 11 is 0. The number of hydrogen-bond donors (Lipinski definition) is 1. The van der Waals surface area contributed by atoms with Gasteiger partial charge in [-0.3, -0.25) is 4.79 Å². The smallest absolute Gasteiger partial charge is 0.406 e. The average molecular weight is 289 g/mol. The molecule has 1 heterocycles. The second-order valence-electron chi connectivity index (χ2n) is 4.28. The number of carboxylic acid groups (broad SMARTS) is 1. The van der Waals surface area contributed by atoms with E-state index < -0.39 is 47.1 Å². The first kappa shape index (κ1) is 15.2. The summed E-state index contributed by atoms with van der Waals surface area (Å²) in [7, 11) is -3.80. The lowest BCUT2D eigenvalue weighted by Crippen LogP contribution is -2.47. The van der Waals surface area contributed by atoms with Crippen LogP contribution in [0.5, 0.6) is 0 Å². The molecule has 1 aliphatic heterocycles. The fraction of sp³-hybridized carbons (Fsp3) is 0.889. The van der Waals surface area contributed by atoms with Crippen molar-refractivity contribution in [1.29, 1.82) is 0 Å². The molecule has 1 aliphatic rings. The van der Waals surface area contributed by atoms with Gasteiger partial charge < -0.3 is 5.11 Å². The lowest BCUT2D eigenvalue weighted by Gasteiger charge is -2.27. The Labute approximate surface area is 103 Å². The summed E-state index contributed by atoms with van der Waals surface area (Å²) in [6, 6.07) is 0. The molecule has 1 rings (SSSR count). The van der Waals surface area contributed by atoms with Crippen LogP contribution in [0.2, 0.25) is 0 Å². The predicted octanol–water partition coefficient (Wildman–Crippen LogP) is 1.07. The molecule has 0 aliphatic carbocycles. The monoisotopic (exact) mass is 289 g/mol. The fourth-order valence-corrected chi connectivity index (χ4v) is 3.49. The van der Waals surface area contributed by atoms with E-state index in [0.29, 0.717) is 4.31 Å². The summed E-state index contributed by atoms with van der Waals surface area (Å²) in [4.78, 5) is 10.9. The Morgan fingerprint density at radius 3 is 2.33 bits per heavy atom. The van der Waals surface area contributed by atoms with Gasteiger partial charge in [-0.1, -0.05) is 6.92 Å². The van der Waals surface area contributed by atoms with Crippen molar-refractivity contribution < 1.29 is 31.5 Å². The van der Waals surface area contributed by atoms with Crippen molar-refractivity contribution in [3.05, 3.63) is 0 Å². The molecule has 0 radical (unpaired) electrons. The molecule has 0 spiro atoms. The van der Waals surface area contributed by atoms with Crippen LogP contribution in [0.25, 0.3) is 0 Å². The number of carboxylic acids is 1. The maximum atomic E-state index is 12.8. The highest BCUT2D eigenvalue weighted by Gasteiger charge is 2.64. The van der Waals surface area contributed by atoms with Crippen LogP contribution in [0, 0.1) is 5.41 Å². The van der Waals surface area contributed by atoms with E-state index in [0.717, 1.165) is 0 Å². The molecule has 0 aromatic rings. The summed E-state index contributed by atoms with van der Waals surface area (Å²) in [5.41, 5.74) is -2.98. The van der Waals surface area contributed by atoms with E-state index in [1.165, 1.54) is 0 Å². The summed E-state index contributed by atoms with van der Waals surface area (Å²) in [6.07, 6.45) is -5.44. The first-order chi connectivity index (χ1) is 8.07. The van der Waals surface area contributed by atoms with Crippen LogP contribution in [0.4, 0.5) is 13.2 Å². The third kappa shape index (κ3) is 2.46. The zero-order chi connectivity index (χ0) is 14.2. The molecule has 1 saturated heterocycles. The van der Waals surface area contributed by atoms with Crippen molar-refractivity contribution in [1.82, 2.24) is 4.31 Å². The number of rotatable bonds is 4. The highest BCUT2D eigenvalue weighted by molar-refractivity contribution is 7.89. The normalized spacial score (nSPS) is 26.4. The van der Waals surface area contributed by atoms with Crippen LogP contribution in [-0.4, -0.2) is 48.8 Å². The van der Waals surface area contributed by atoms with Gasteiger partial charge in [-0.2, -0.15) is 13.2 Å². The molecule has 9 heteroatoms. The van der Waals surface area contributed by atoms with E-state index in [4.69, 9.17) is 5.11 Å². The van der Waals surface area contributed by atoms with Gasteiger partial charge in [-0.25, -0.2) is 12.7 Å². The van der Waals surface area contributed by atoms with Crippen LogP contribution in [0.15, 0.2) is 0 Å². The number of halogens is 3. The molecule has 0 amide bonds. The topological polar surface area (TPSA) is 74.7 Å². The molecule has 5 nitrogen and oxygen atoms in total. The first-order valence-electron chi connectivity index (χ1n) is 5.35. The van der Waals surface area contributed by atoms with Crippen molar-refractivity contribution in [3.8, 4) is 0 Å². The highest BCUT2D eigenvalue weighted by atomic mass is 32.2. The molecule has 18 heavy (non-hydrogen) atoms. The molecule has 1 atom stereocenters. The van der Waals surface area contributed by atoms with Gasteiger partial charge in [0.1, 0.15) is 0 Å². The summed E-state index contributed by atoms with van der Waals surface area (Å²) in [6.45, 7) is 0.143. The Hall–Kier alpha value is -0.830. The summed E-state index contributed by atoms with van der Waals surface area (Å²) < 4.78 is 62.3. The third-order valence-corrected chi connectivity index (χ3v) is 5.06. The number of carbonyl (C=O) groups is 1. The molecule has 1 N–H and O–H groups in total. The van der Waals surface area contributed by atoms with Crippen molar-refractivity contribution in [2.45, 2.75) is 25.9 Å². The first-order valence-corrected chi connectivity index (χ1v) is 6.96. The number of nitrogens with zero attached hydrogens (tertiary/aromatic N) is 1. The fourth-order valence-electron chi connectivity index (χ4n) is 1.93. The number of sulfonamides is 1. The second kappa shape index (κ2) is 4.69. The molecular weight excluding hydrogens is 275 g/mol. The largest absolute Gasteiger partial charge is 0.481 e. The Bertz CT molecular complexity index is 434. The zero-order valence-corrected chi connectivity index (χ0v) is 10.5. The molecule has 1 unspecified atom stereocenters. The van der Waals surface area contributed by atoms with Gasteiger partial charge in [-0.15, -0.1) is 0 Å². The maximum Gasteiger partial charge on any atom is 0.406 e. The quantitative estimate of drug-likeness (QED) is 0.840. The van der Waals surface area contributed by atoms with E-state index in [-0.39, 0.29) is 12.2 Å². The van der Waals surface area contributed by atoms with Crippen molar-refractivity contribution >= 4 is 16.0 Å². The van der Waals surface area contributed by atoms with Crippen LogP contribution in [0.3, 0.4) is 0 Å². The van der Waals surface area contributed by atoms with E-state index in [9.17, 15) is 26.4 Å². The van der Waals surface area contributed by atoms with Crippen molar-refractivity contribution in [3.63, 3.8) is 0 Å². The molecule has 106 valence electrons. The van der Waals surface area contributed by atoms with E-state index in [1.807, 2.05) is 0 Å². The van der Waals surface area contributed by atoms with Gasteiger partial charge in [0.15, 0.2) is 5.41 Å². The average Bonchev–Trinajstić information content (AvgIpc) is 2.62. The van der Waals surface area contributed by atoms with E-state index in [2.05, 4.69) is 0 Å². The summed E-state index contributed by atoms with van der Waals surface area (Å²) in [5, 5.41) is 8.77. The number of alkyl halides is 3. The zero-order valence-electron chi connectivity index (χ0n) is 9.70. The predicted molar refractivity (Wildman–Crippen MR) is 56.4 cm³/mol. The van der Waals surface area contributed by atoms with Crippen LogP contribution < -0.4 is 0 Å². The molecular formula is C9H14F3NO4S. The molecule has 0 bridgehead atoms. The van der Waals surface area contributed by atoms with Gasteiger partial charge in [0, 0.05) is 13.1 Å². The van der Waals surface area contributed by atoms with Crippen LogP contribution in [0.1, 0.15) is 19.8 Å². The van der Waals surface area contributed by atoms with Gasteiger partial charge in [0.25, 0.3) is 0 Å². The third-order valence-electron chi connectivity index (χ3n) is 3.04. The van der Waals surface area contributed by atoms with Crippen LogP contribution >= 0.6 is 0 Å². The summed E-state index contributed by atoms with van der Waals surface area (Å²) in [5.74, 6) is -2.30. The Balaban J connectivity index is 3.03. The Morgan fingerprint density at radius 1 is 1.44 bits per heavy atom. The van der Waals surface area contributed by atoms with E-state index >= 15 is 0 Å². The minimum absolute atomic E-state index is 0.269. The maximum absolute atomic E-state index is 12.8. The molecule has 1 fully saturated rings. The van der Waals surface area contributed by atoms with Gasteiger partial charge in [-0.05, 0) is 12.8 Å². The highest BCUT2D eigenvalue weighted by Crippen LogP contribution is 2.46. The molecule has 0 aromatic carbocycles. The Morgan fingerprint density at radius 2 is 2.00 bits per heavy atom. The standard InChI is InChI=1S/C9H14F3NO4S/c1-2-5-18(16,17)13-4-3-8(6-13,7(14)15)9(10,11)12/h2-6H2,1H3,(H,14,15). The molecule has 0 aromatic heterocycles. The number of aliphatic carboxylic acids is 1. The van der Waals surface area contributed by atoms with Gasteiger partial charge in [0.05, 0.1) is 5.75 Å².